The predicted molar refractivity (Wildman–Crippen MR) is 78.7 cm³/mol. The average Bonchev–Trinajstić information content (AvgIpc) is 2.48. The first-order valence-electron chi connectivity index (χ1n) is 6.11. The van der Waals surface area contributed by atoms with Gasteiger partial charge in [0.1, 0.15) is 5.82 Å². The molecule has 1 aromatic heterocycles. The van der Waals surface area contributed by atoms with E-state index in [2.05, 4.69) is 0 Å². The molecule has 20 heavy (non-hydrogen) atoms. The third-order valence-corrected chi connectivity index (χ3v) is 3.21. The zero-order chi connectivity index (χ0) is 14.1. The van der Waals surface area contributed by atoms with Crippen LogP contribution in [0.4, 0.5) is 5.82 Å². The zero-order valence-electron chi connectivity index (χ0n) is 10.6. The van der Waals surface area contributed by atoms with Crippen molar-refractivity contribution in [3.63, 3.8) is 0 Å². The summed E-state index contributed by atoms with van der Waals surface area (Å²) in [5, 5.41) is 10.2. The molecule has 0 aliphatic heterocycles. The van der Waals surface area contributed by atoms with Gasteiger partial charge in [-0.1, -0.05) is 18.2 Å². The van der Waals surface area contributed by atoms with Crippen molar-refractivity contribution in [2.45, 2.75) is 0 Å². The summed E-state index contributed by atoms with van der Waals surface area (Å²) in [6.07, 6.45) is 0. The molecule has 3 aromatic rings. The van der Waals surface area contributed by atoms with Crippen LogP contribution < -0.4 is 11.3 Å². The number of nitrogen functional groups attached to an aromatic ring is 1. The maximum absolute atomic E-state index is 12.5. The van der Waals surface area contributed by atoms with Crippen LogP contribution in [-0.4, -0.2) is 4.57 Å². The van der Waals surface area contributed by atoms with Crippen molar-refractivity contribution in [3.05, 3.63) is 70.5 Å². The van der Waals surface area contributed by atoms with Crippen molar-refractivity contribution in [3.8, 4) is 11.8 Å². The largest absolute Gasteiger partial charge is 0.385 e. The molecule has 4 nitrogen and oxygen atoms in total. The highest BCUT2D eigenvalue weighted by atomic mass is 16.1. The van der Waals surface area contributed by atoms with Gasteiger partial charge in [-0.05, 0) is 41.8 Å². The Kier molecular flexibility index (Phi) is 2.73. The van der Waals surface area contributed by atoms with Gasteiger partial charge in [-0.25, -0.2) is 0 Å². The lowest BCUT2D eigenvalue weighted by molar-refractivity contribution is 1.02. The van der Waals surface area contributed by atoms with E-state index in [1.54, 1.807) is 36.4 Å². The lowest BCUT2D eigenvalue weighted by atomic mass is 10.1. The Labute approximate surface area is 115 Å². The lowest BCUT2D eigenvalue weighted by Crippen LogP contribution is -2.21. The molecule has 0 bridgehead atoms. The Bertz CT molecular complexity index is 886. The summed E-state index contributed by atoms with van der Waals surface area (Å²) < 4.78 is 1.45. The van der Waals surface area contributed by atoms with Gasteiger partial charge in [0.25, 0.3) is 5.56 Å². The highest BCUT2D eigenvalue weighted by Crippen LogP contribution is 2.17. The molecular formula is C16H11N3O. The van der Waals surface area contributed by atoms with Gasteiger partial charge in [-0.2, -0.15) is 5.26 Å². The summed E-state index contributed by atoms with van der Waals surface area (Å²) in [5.41, 5.74) is 7.02. The molecule has 0 spiro atoms. The van der Waals surface area contributed by atoms with Crippen LogP contribution in [-0.2, 0) is 0 Å². The van der Waals surface area contributed by atoms with Gasteiger partial charge >= 0.3 is 0 Å². The first-order chi connectivity index (χ1) is 9.70. The summed E-state index contributed by atoms with van der Waals surface area (Å²) in [5.74, 6) is 0.374. The quantitative estimate of drug-likeness (QED) is 0.731. The molecule has 1 heterocycles. The number of pyridine rings is 1. The Morgan fingerprint density at radius 2 is 1.75 bits per heavy atom. The molecule has 0 saturated carbocycles. The minimum atomic E-state index is -0.162. The fraction of sp³-hybridized carbons (Fsp3) is 0. The molecule has 4 heteroatoms. The molecule has 96 valence electrons. The van der Waals surface area contributed by atoms with Crippen LogP contribution in [0.3, 0.4) is 0 Å². The molecule has 0 unspecified atom stereocenters. The molecule has 0 fully saturated rings. The van der Waals surface area contributed by atoms with Crippen LogP contribution >= 0.6 is 0 Å². The van der Waals surface area contributed by atoms with Crippen LogP contribution in [0.25, 0.3) is 16.5 Å². The van der Waals surface area contributed by atoms with Gasteiger partial charge in [0, 0.05) is 5.39 Å². The van der Waals surface area contributed by atoms with E-state index in [1.807, 2.05) is 24.3 Å². The first kappa shape index (κ1) is 12.0. The van der Waals surface area contributed by atoms with E-state index in [0.717, 1.165) is 5.39 Å². The Balaban J connectivity index is 2.30. The van der Waals surface area contributed by atoms with Gasteiger partial charge in [-0.3, -0.25) is 9.36 Å². The molecule has 0 saturated heterocycles. The smallest absolute Gasteiger partial charge is 0.264 e. The van der Waals surface area contributed by atoms with E-state index in [9.17, 15) is 4.79 Å². The van der Waals surface area contributed by atoms with Crippen LogP contribution in [0, 0.1) is 11.3 Å². The summed E-state index contributed by atoms with van der Waals surface area (Å²) in [6, 6.07) is 17.9. The zero-order valence-corrected chi connectivity index (χ0v) is 10.6. The lowest BCUT2D eigenvalue weighted by Gasteiger charge is -2.11. The third kappa shape index (κ3) is 1.82. The Morgan fingerprint density at radius 1 is 1.05 bits per heavy atom. The van der Waals surface area contributed by atoms with E-state index in [4.69, 9.17) is 11.0 Å². The molecular weight excluding hydrogens is 250 g/mol. The van der Waals surface area contributed by atoms with Gasteiger partial charge in [0.2, 0.25) is 0 Å². The fourth-order valence-corrected chi connectivity index (χ4v) is 2.23. The number of benzene rings is 2. The number of nitrogens with zero attached hydrogens (tertiary/aromatic N) is 2. The Hall–Kier alpha value is -3.06. The topological polar surface area (TPSA) is 71.8 Å². The minimum absolute atomic E-state index is 0.162. The predicted octanol–water partition coefficient (Wildman–Crippen LogP) is 2.44. The highest BCUT2D eigenvalue weighted by Gasteiger charge is 2.08. The molecule has 2 aromatic carbocycles. The number of nitriles is 1. The number of aromatic nitrogens is 1. The van der Waals surface area contributed by atoms with Crippen LogP contribution in [0.5, 0.6) is 0 Å². The highest BCUT2D eigenvalue weighted by molar-refractivity contribution is 5.84. The van der Waals surface area contributed by atoms with Crippen molar-refractivity contribution >= 4 is 16.6 Å². The average molecular weight is 261 g/mol. The summed E-state index contributed by atoms with van der Waals surface area (Å²) in [6.45, 7) is 0. The number of rotatable bonds is 1. The van der Waals surface area contributed by atoms with Gasteiger partial charge < -0.3 is 5.73 Å². The molecule has 0 aliphatic carbocycles. The molecule has 2 N–H and O–H groups in total. The minimum Gasteiger partial charge on any atom is -0.385 e. The summed E-state index contributed by atoms with van der Waals surface area (Å²) >= 11 is 0. The molecule has 0 aliphatic rings. The van der Waals surface area contributed by atoms with Crippen molar-refractivity contribution in [2.24, 2.45) is 0 Å². The van der Waals surface area contributed by atoms with Crippen LogP contribution in [0.1, 0.15) is 5.56 Å². The number of hydrogen-bond acceptors (Lipinski definition) is 3. The molecule has 0 amide bonds. The monoisotopic (exact) mass is 261 g/mol. The summed E-state index contributed by atoms with van der Waals surface area (Å²) in [4.78, 5) is 12.5. The second-order valence-electron chi connectivity index (χ2n) is 4.46. The van der Waals surface area contributed by atoms with E-state index >= 15 is 0 Å². The van der Waals surface area contributed by atoms with Gasteiger partial charge in [0.05, 0.1) is 17.3 Å². The second-order valence-corrected chi connectivity index (χ2v) is 4.46. The van der Waals surface area contributed by atoms with Crippen molar-refractivity contribution in [2.75, 3.05) is 5.73 Å². The van der Waals surface area contributed by atoms with Crippen LogP contribution in [0.2, 0.25) is 0 Å². The number of fused-ring (bicyclic) bond motifs is 1. The summed E-state index contributed by atoms with van der Waals surface area (Å²) in [7, 11) is 0. The Morgan fingerprint density at radius 3 is 2.45 bits per heavy atom. The van der Waals surface area contributed by atoms with E-state index in [1.165, 1.54) is 4.57 Å². The van der Waals surface area contributed by atoms with E-state index < -0.39 is 0 Å². The SMILES string of the molecule is N#Cc1ccc(-n2c(N)cc3ccccc3c2=O)cc1. The van der Waals surface area contributed by atoms with Gasteiger partial charge in [0.15, 0.2) is 0 Å². The fourth-order valence-electron chi connectivity index (χ4n) is 2.23. The standard InChI is InChI=1S/C16H11N3O/c17-10-11-5-7-13(8-6-11)19-15(18)9-12-3-1-2-4-14(12)16(19)20/h1-9H,18H2. The normalized spacial score (nSPS) is 10.3. The second kappa shape index (κ2) is 4.56. The third-order valence-electron chi connectivity index (χ3n) is 3.21. The van der Waals surface area contributed by atoms with Crippen molar-refractivity contribution < 1.29 is 0 Å². The number of anilines is 1. The molecule has 3 rings (SSSR count). The maximum Gasteiger partial charge on any atom is 0.264 e. The van der Waals surface area contributed by atoms with E-state index in [-0.39, 0.29) is 5.56 Å². The number of nitrogens with two attached hydrogens (primary N) is 1. The van der Waals surface area contributed by atoms with E-state index in [0.29, 0.717) is 22.5 Å². The molecule has 0 radical (unpaired) electrons. The van der Waals surface area contributed by atoms with Gasteiger partial charge in [-0.15, -0.1) is 0 Å². The number of hydrogen-bond donors (Lipinski definition) is 1. The van der Waals surface area contributed by atoms with Crippen molar-refractivity contribution in [1.82, 2.24) is 4.57 Å². The maximum atomic E-state index is 12.5. The van der Waals surface area contributed by atoms with Crippen molar-refractivity contribution in [1.29, 1.82) is 5.26 Å². The van der Waals surface area contributed by atoms with Crippen LogP contribution in [0.15, 0.2) is 59.4 Å². The molecule has 0 atom stereocenters. The first-order valence-corrected chi connectivity index (χ1v) is 6.11.